The molecule has 0 fully saturated rings. The number of carbonyl (C=O) groups excluding carboxylic acids is 2. The summed E-state index contributed by atoms with van der Waals surface area (Å²) < 4.78 is 59.0. The van der Waals surface area contributed by atoms with Gasteiger partial charge in [0.15, 0.2) is 11.5 Å². The first-order valence-electron chi connectivity index (χ1n) is 8.40. The third kappa shape index (κ3) is 6.07. The predicted molar refractivity (Wildman–Crippen MR) is 92.3 cm³/mol. The number of benzene rings is 1. The summed E-state index contributed by atoms with van der Waals surface area (Å²) in [5.41, 5.74) is 0.456. The van der Waals surface area contributed by atoms with Crippen LogP contribution in [0.3, 0.4) is 0 Å². The first-order valence-corrected chi connectivity index (χ1v) is 8.40. The fourth-order valence-corrected chi connectivity index (χ4v) is 2.45. The standard InChI is InChI=1S/C18H20F3NO6/c1-3-26-16(24)10-22(11-18(19,20)21)15(23)5-4-12-8-13(25-2)17-14(9-12)27-6-7-28-17/h4-5,8-9H,3,6-7,10-11H2,1-2H3/b5-4+. The minimum atomic E-state index is -4.66. The van der Waals surface area contributed by atoms with Gasteiger partial charge in [-0.3, -0.25) is 9.59 Å². The van der Waals surface area contributed by atoms with Gasteiger partial charge in [0.25, 0.3) is 0 Å². The van der Waals surface area contributed by atoms with Gasteiger partial charge in [0, 0.05) is 6.08 Å². The molecule has 0 spiro atoms. The molecule has 0 saturated carbocycles. The minimum Gasteiger partial charge on any atom is -0.493 e. The van der Waals surface area contributed by atoms with E-state index in [1.54, 1.807) is 12.1 Å². The largest absolute Gasteiger partial charge is 0.493 e. The Morgan fingerprint density at radius 1 is 1.25 bits per heavy atom. The molecule has 1 aromatic rings. The average Bonchev–Trinajstić information content (AvgIpc) is 2.64. The SMILES string of the molecule is CCOC(=O)CN(CC(F)(F)F)C(=O)/C=C/c1cc(OC)c2c(c1)OCCO2. The van der Waals surface area contributed by atoms with Crippen LogP contribution in [-0.2, 0) is 14.3 Å². The smallest absolute Gasteiger partial charge is 0.406 e. The van der Waals surface area contributed by atoms with Gasteiger partial charge in [0.1, 0.15) is 26.3 Å². The van der Waals surface area contributed by atoms with E-state index in [1.165, 1.54) is 20.1 Å². The number of esters is 1. The zero-order valence-electron chi connectivity index (χ0n) is 15.4. The zero-order valence-corrected chi connectivity index (χ0v) is 15.4. The van der Waals surface area contributed by atoms with Gasteiger partial charge in [-0.05, 0) is 30.7 Å². The lowest BCUT2D eigenvalue weighted by atomic mass is 10.1. The lowest BCUT2D eigenvalue weighted by molar-refractivity contribution is -0.164. The van der Waals surface area contributed by atoms with E-state index in [0.717, 1.165) is 6.08 Å². The summed E-state index contributed by atoms with van der Waals surface area (Å²) in [6, 6.07) is 3.12. The Balaban J connectivity index is 2.19. The number of methoxy groups -OCH3 is 1. The number of hydrogen-bond acceptors (Lipinski definition) is 6. The van der Waals surface area contributed by atoms with Crippen molar-refractivity contribution in [2.45, 2.75) is 13.1 Å². The molecule has 1 aliphatic heterocycles. The number of alkyl halides is 3. The number of amides is 1. The Kier molecular flexibility index (Phi) is 7.13. The zero-order chi connectivity index (χ0) is 20.7. The molecule has 2 rings (SSSR count). The first kappa shape index (κ1) is 21.4. The lowest BCUT2D eigenvalue weighted by Crippen LogP contribution is -2.41. The molecular formula is C18H20F3NO6. The molecule has 0 aliphatic carbocycles. The van der Waals surface area contributed by atoms with Gasteiger partial charge in [-0.15, -0.1) is 0 Å². The van der Waals surface area contributed by atoms with E-state index in [2.05, 4.69) is 4.74 Å². The molecule has 1 heterocycles. The Hall–Kier alpha value is -2.91. The molecule has 0 radical (unpaired) electrons. The maximum Gasteiger partial charge on any atom is 0.406 e. The van der Waals surface area contributed by atoms with E-state index < -0.39 is 31.1 Å². The van der Waals surface area contributed by atoms with Gasteiger partial charge >= 0.3 is 12.1 Å². The molecule has 0 atom stereocenters. The molecule has 0 saturated heterocycles. The molecular weight excluding hydrogens is 383 g/mol. The van der Waals surface area contributed by atoms with Gasteiger partial charge in [-0.2, -0.15) is 13.2 Å². The second kappa shape index (κ2) is 9.34. The van der Waals surface area contributed by atoms with Gasteiger partial charge in [-0.25, -0.2) is 0 Å². The number of fused-ring (bicyclic) bond motifs is 1. The third-order valence-corrected chi connectivity index (χ3v) is 3.58. The summed E-state index contributed by atoms with van der Waals surface area (Å²) in [7, 11) is 1.43. The van der Waals surface area contributed by atoms with Crippen LogP contribution in [0.5, 0.6) is 17.2 Å². The highest BCUT2D eigenvalue weighted by molar-refractivity contribution is 5.94. The molecule has 0 aromatic heterocycles. The van der Waals surface area contributed by atoms with Crippen LogP contribution in [-0.4, -0.2) is 63.0 Å². The second-order valence-corrected chi connectivity index (χ2v) is 5.70. The van der Waals surface area contributed by atoms with Crippen LogP contribution in [0.2, 0.25) is 0 Å². The van der Waals surface area contributed by atoms with E-state index in [0.29, 0.717) is 40.9 Å². The number of ether oxygens (including phenoxy) is 4. The predicted octanol–water partition coefficient (Wildman–Crippen LogP) is 2.43. The van der Waals surface area contributed by atoms with E-state index in [9.17, 15) is 22.8 Å². The Morgan fingerprint density at radius 3 is 2.61 bits per heavy atom. The molecule has 0 bridgehead atoms. The number of hydrogen-bond donors (Lipinski definition) is 0. The Bertz CT molecular complexity index is 730. The Morgan fingerprint density at radius 2 is 1.96 bits per heavy atom. The maximum atomic E-state index is 12.7. The highest BCUT2D eigenvalue weighted by atomic mass is 19.4. The molecule has 154 valence electrons. The molecule has 7 nitrogen and oxygen atoms in total. The number of rotatable bonds is 7. The molecule has 1 amide bonds. The van der Waals surface area contributed by atoms with E-state index in [4.69, 9.17) is 14.2 Å². The van der Waals surface area contributed by atoms with Crippen molar-refractivity contribution < 1.29 is 41.7 Å². The maximum absolute atomic E-state index is 12.7. The summed E-state index contributed by atoms with van der Waals surface area (Å²) in [6.45, 7) is -0.165. The monoisotopic (exact) mass is 403 g/mol. The summed E-state index contributed by atoms with van der Waals surface area (Å²) >= 11 is 0. The van der Waals surface area contributed by atoms with Gasteiger partial charge in [-0.1, -0.05) is 0 Å². The summed E-state index contributed by atoms with van der Waals surface area (Å²) in [6.07, 6.45) is -2.41. The minimum absolute atomic E-state index is 0.000286. The molecule has 0 N–H and O–H groups in total. The lowest BCUT2D eigenvalue weighted by Gasteiger charge is -2.22. The number of nitrogens with zero attached hydrogens (tertiary/aromatic N) is 1. The summed E-state index contributed by atoms with van der Waals surface area (Å²) in [5.74, 6) is -0.730. The van der Waals surface area contributed by atoms with Crippen LogP contribution in [0.1, 0.15) is 12.5 Å². The van der Waals surface area contributed by atoms with Crippen molar-refractivity contribution >= 4 is 18.0 Å². The fraction of sp³-hybridized carbons (Fsp3) is 0.444. The van der Waals surface area contributed by atoms with E-state index in [1.807, 2.05) is 0 Å². The molecule has 1 aliphatic rings. The molecule has 10 heteroatoms. The van der Waals surface area contributed by atoms with Gasteiger partial charge in [0.05, 0.1) is 13.7 Å². The van der Waals surface area contributed by atoms with Crippen molar-refractivity contribution in [3.8, 4) is 17.2 Å². The van der Waals surface area contributed by atoms with E-state index >= 15 is 0 Å². The van der Waals surface area contributed by atoms with Crippen molar-refractivity contribution in [1.82, 2.24) is 4.90 Å². The van der Waals surface area contributed by atoms with Crippen LogP contribution in [0, 0.1) is 0 Å². The van der Waals surface area contributed by atoms with Crippen molar-refractivity contribution in [1.29, 1.82) is 0 Å². The quantitative estimate of drug-likeness (QED) is 0.514. The van der Waals surface area contributed by atoms with Crippen molar-refractivity contribution in [3.63, 3.8) is 0 Å². The number of carbonyl (C=O) groups is 2. The van der Waals surface area contributed by atoms with Crippen LogP contribution in [0.25, 0.3) is 6.08 Å². The first-order chi connectivity index (χ1) is 13.2. The molecule has 1 aromatic carbocycles. The summed E-state index contributed by atoms with van der Waals surface area (Å²) in [5, 5.41) is 0. The number of halogens is 3. The normalized spacial score (nSPS) is 13.3. The highest BCUT2D eigenvalue weighted by Gasteiger charge is 2.33. The van der Waals surface area contributed by atoms with E-state index in [-0.39, 0.29) is 6.61 Å². The molecule has 28 heavy (non-hydrogen) atoms. The van der Waals surface area contributed by atoms with Gasteiger partial charge in [0.2, 0.25) is 11.7 Å². The van der Waals surface area contributed by atoms with Crippen molar-refractivity contribution in [2.24, 2.45) is 0 Å². The third-order valence-electron chi connectivity index (χ3n) is 3.58. The van der Waals surface area contributed by atoms with Crippen molar-refractivity contribution in [3.05, 3.63) is 23.8 Å². The second-order valence-electron chi connectivity index (χ2n) is 5.70. The van der Waals surface area contributed by atoms with Crippen LogP contribution in [0.4, 0.5) is 13.2 Å². The van der Waals surface area contributed by atoms with Crippen LogP contribution < -0.4 is 14.2 Å². The Labute approximate surface area is 159 Å². The average molecular weight is 403 g/mol. The van der Waals surface area contributed by atoms with Crippen molar-refractivity contribution in [2.75, 3.05) is 40.0 Å². The topological polar surface area (TPSA) is 74.3 Å². The summed E-state index contributed by atoms with van der Waals surface area (Å²) in [4.78, 5) is 24.1. The highest BCUT2D eigenvalue weighted by Crippen LogP contribution is 2.40. The van der Waals surface area contributed by atoms with Crippen LogP contribution >= 0.6 is 0 Å². The van der Waals surface area contributed by atoms with Gasteiger partial charge < -0.3 is 23.8 Å². The fourth-order valence-electron chi connectivity index (χ4n) is 2.45. The molecule has 0 unspecified atom stereocenters. The van der Waals surface area contributed by atoms with Crippen LogP contribution in [0.15, 0.2) is 18.2 Å².